The number of aromatic nitrogens is 1. The second-order valence-corrected chi connectivity index (χ2v) is 7.27. The molecule has 1 N–H and O–H groups in total. The average molecular weight is 436 g/mol. The van der Waals surface area contributed by atoms with Crippen LogP contribution in [0.5, 0.6) is 11.5 Å². The van der Waals surface area contributed by atoms with Gasteiger partial charge in [-0.2, -0.15) is 5.10 Å². The summed E-state index contributed by atoms with van der Waals surface area (Å²) in [7, 11) is 1.49. The Morgan fingerprint density at radius 2 is 2.00 bits per heavy atom. The van der Waals surface area contributed by atoms with Gasteiger partial charge in [-0.1, -0.05) is 23.2 Å². The lowest BCUT2D eigenvalue weighted by Gasteiger charge is -2.10. The standard InChI is InChI=1S/C19H15Cl2N3O3S/c1-11-10-28-19(23-11)24-22-9-12-3-6-16(17(7-12)26-2)27-18(25)13-4-5-14(20)15(21)8-13/h3-10H,1-2H3,(H,23,24)/b22-9-. The van der Waals surface area contributed by atoms with Crippen LogP contribution in [0.3, 0.4) is 0 Å². The molecule has 3 rings (SSSR count). The van der Waals surface area contributed by atoms with Crippen molar-refractivity contribution >= 4 is 51.9 Å². The predicted octanol–water partition coefficient (Wildman–Crippen LogP) is 5.43. The van der Waals surface area contributed by atoms with Gasteiger partial charge < -0.3 is 9.47 Å². The molecule has 1 aromatic heterocycles. The molecule has 144 valence electrons. The van der Waals surface area contributed by atoms with Gasteiger partial charge in [0.15, 0.2) is 11.5 Å². The number of halogens is 2. The monoisotopic (exact) mass is 435 g/mol. The van der Waals surface area contributed by atoms with Crippen molar-refractivity contribution in [2.45, 2.75) is 6.92 Å². The van der Waals surface area contributed by atoms with Crippen molar-refractivity contribution in [2.75, 3.05) is 12.5 Å². The van der Waals surface area contributed by atoms with E-state index in [9.17, 15) is 4.79 Å². The van der Waals surface area contributed by atoms with Crippen molar-refractivity contribution in [2.24, 2.45) is 5.10 Å². The van der Waals surface area contributed by atoms with E-state index in [4.69, 9.17) is 32.7 Å². The van der Waals surface area contributed by atoms with Crippen LogP contribution in [0.25, 0.3) is 0 Å². The third kappa shape index (κ3) is 5.01. The number of benzene rings is 2. The predicted molar refractivity (Wildman–Crippen MR) is 112 cm³/mol. The van der Waals surface area contributed by atoms with Crippen molar-refractivity contribution in [3.05, 3.63) is 68.6 Å². The van der Waals surface area contributed by atoms with Crippen LogP contribution in [0.4, 0.5) is 5.13 Å². The maximum absolute atomic E-state index is 12.3. The lowest BCUT2D eigenvalue weighted by atomic mass is 10.2. The highest BCUT2D eigenvalue weighted by atomic mass is 35.5. The Morgan fingerprint density at radius 1 is 1.18 bits per heavy atom. The number of hydrogen-bond donors (Lipinski definition) is 1. The molecule has 0 saturated carbocycles. The van der Waals surface area contributed by atoms with Crippen molar-refractivity contribution in [1.82, 2.24) is 4.98 Å². The third-order valence-electron chi connectivity index (χ3n) is 3.54. The zero-order valence-corrected chi connectivity index (χ0v) is 17.2. The molecule has 1 heterocycles. The summed E-state index contributed by atoms with van der Waals surface area (Å²) in [6, 6.07) is 9.60. The van der Waals surface area contributed by atoms with E-state index in [0.717, 1.165) is 11.3 Å². The smallest absolute Gasteiger partial charge is 0.343 e. The molecule has 6 nitrogen and oxygen atoms in total. The Balaban J connectivity index is 1.71. The first-order chi connectivity index (χ1) is 13.5. The normalized spacial score (nSPS) is 10.9. The molecule has 3 aromatic rings. The minimum Gasteiger partial charge on any atom is -0.493 e. The maximum Gasteiger partial charge on any atom is 0.343 e. The molecule has 0 atom stereocenters. The fourth-order valence-corrected chi connectivity index (χ4v) is 3.13. The van der Waals surface area contributed by atoms with Crippen LogP contribution in [0.2, 0.25) is 10.0 Å². The first-order valence-corrected chi connectivity index (χ1v) is 9.66. The summed E-state index contributed by atoms with van der Waals surface area (Å²) in [5.74, 6) is 0.0979. The fraction of sp³-hybridized carbons (Fsp3) is 0.105. The minimum absolute atomic E-state index is 0.276. The largest absolute Gasteiger partial charge is 0.493 e. The highest BCUT2D eigenvalue weighted by Gasteiger charge is 2.14. The SMILES string of the molecule is COc1cc(/C=N\Nc2nc(C)cs2)ccc1OC(=O)c1ccc(Cl)c(Cl)c1. The molecule has 0 aliphatic rings. The zero-order valence-electron chi connectivity index (χ0n) is 14.9. The number of thiazole rings is 1. The molecular formula is C19H15Cl2N3O3S. The first kappa shape index (κ1) is 20.1. The molecule has 0 unspecified atom stereocenters. The van der Waals surface area contributed by atoms with Crippen LogP contribution in [0.15, 0.2) is 46.9 Å². The minimum atomic E-state index is -0.570. The van der Waals surface area contributed by atoms with E-state index in [1.807, 2.05) is 12.3 Å². The van der Waals surface area contributed by atoms with E-state index in [-0.39, 0.29) is 16.3 Å². The summed E-state index contributed by atoms with van der Waals surface area (Å²) in [6.45, 7) is 1.91. The van der Waals surface area contributed by atoms with Crippen molar-refractivity contribution in [3.8, 4) is 11.5 Å². The van der Waals surface area contributed by atoms with E-state index in [0.29, 0.717) is 15.9 Å². The summed E-state index contributed by atoms with van der Waals surface area (Å²) in [5.41, 5.74) is 4.82. The number of rotatable bonds is 6. The molecular weight excluding hydrogens is 421 g/mol. The number of methoxy groups -OCH3 is 1. The van der Waals surface area contributed by atoms with Gasteiger partial charge in [-0.3, -0.25) is 5.43 Å². The van der Waals surface area contributed by atoms with Gasteiger partial charge in [0.2, 0.25) is 5.13 Å². The summed E-state index contributed by atoms with van der Waals surface area (Å²) in [5, 5.41) is 7.41. The van der Waals surface area contributed by atoms with Crippen LogP contribution in [0, 0.1) is 6.92 Å². The van der Waals surface area contributed by atoms with Gasteiger partial charge in [0, 0.05) is 5.38 Å². The number of aryl methyl sites for hydroxylation is 1. The molecule has 28 heavy (non-hydrogen) atoms. The highest BCUT2D eigenvalue weighted by molar-refractivity contribution is 7.13. The molecule has 0 saturated heterocycles. The van der Waals surface area contributed by atoms with Gasteiger partial charge in [0.1, 0.15) is 0 Å². The molecule has 0 fully saturated rings. The van der Waals surface area contributed by atoms with Crippen molar-refractivity contribution < 1.29 is 14.3 Å². The van der Waals surface area contributed by atoms with Gasteiger partial charge in [0.25, 0.3) is 0 Å². The van der Waals surface area contributed by atoms with E-state index in [1.54, 1.807) is 24.4 Å². The number of ether oxygens (including phenoxy) is 2. The average Bonchev–Trinajstić information content (AvgIpc) is 3.10. The van der Waals surface area contributed by atoms with Gasteiger partial charge in [-0.15, -0.1) is 11.3 Å². The van der Waals surface area contributed by atoms with E-state index in [1.165, 1.54) is 36.6 Å². The topological polar surface area (TPSA) is 72.8 Å². The van der Waals surface area contributed by atoms with Crippen LogP contribution >= 0.6 is 34.5 Å². The summed E-state index contributed by atoms with van der Waals surface area (Å²) < 4.78 is 10.7. The Morgan fingerprint density at radius 3 is 2.68 bits per heavy atom. The van der Waals surface area contributed by atoms with E-state index in [2.05, 4.69) is 15.5 Å². The molecule has 0 spiro atoms. The second kappa shape index (κ2) is 9.05. The van der Waals surface area contributed by atoms with Gasteiger partial charge in [-0.05, 0) is 48.9 Å². The number of nitrogens with one attached hydrogen (secondary N) is 1. The van der Waals surface area contributed by atoms with Crippen LogP contribution in [-0.4, -0.2) is 24.3 Å². The Kier molecular flexibility index (Phi) is 6.51. The third-order valence-corrected chi connectivity index (χ3v) is 5.14. The molecule has 0 radical (unpaired) electrons. The Bertz CT molecular complexity index is 1040. The molecule has 2 aromatic carbocycles. The number of esters is 1. The summed E-state index contributed by atoms with van der Waals surface area (Å²) in [4.78, 5) is 16.6. The lowest BCUT2D eigenvalue weighted by molar-refractivity contribution is 0.0729. The van der Waals surface area contributed by atoms with Crippen molar-refractivity contribution in [3.63, 3.8) is 0 Å². The van der Waals surface area contributed by atoms with Crippen LogP contribution in [0.1, 0.15) is 21.6 Å². The fourth-order valence-electron chi connectivity index (χ4n) is 2.20. The Hall–Kier alpha value is -2.61. The summed E-state index contributed by atoms with van der Waals surface area (Å²) >= 11 is 13.3. The van der Waals surface area contributed by atoms with Gasteiger partial charge in [0.05, 0.1) is 34.6 Å². The number of carbonyl (C=O) groups is 1. The van der Waals surface area contributed by atoms with Crippen molar-refractivity contribution in [1.29, 1.82) is 0 Å². The second-order valence-electron chi connectivity index (χ2n) is 5.59. The number of anilines is 1. The zero-order chi connectivity index (χ0) is 20.1. The van der Waals surface area contributed by atoms with Gasteiger partial charge in [-0.25, -0.2) is 9.78 Å². The van der Waals surface area contributed by atoms with E-state index < -0.39 is 5.97 Å². The van der Waals surface area contributed by atoms with Gasteiger partial charge >= 0.3 is 5.97 Å². The number of hydrogen-bond acceptors (Lipinski definition) is 7. The maximum atomic E-state index is 12.3. The van der Waals surface area contributed by atoms with Crippen LogP contribution in [-0.2, 0) is 0 Å². The number of nitrogens with zero attached hydrogens (tertiary/aromatic N) is 2. The lowest BCUT2D eigenvalue weighted by Crippen LogP contribution is -2.09. The molecule has 0 bridgehead atoms. The van der Waals surface area contributed by atoms with E-state index >= 15 is 0 Å². The molecule has 0 aliphatic carbocycles. The quantitative estimate of drug-likeness (QED) is 0.241. The molecule has 0 amide bonds. The Labute approximate surface area is 175 Å². The number of hydrazone groups is 1. The molecule has 0 aliphatic heterocycles. The molecule has 9 heteroatoms. The number of carbonyl (C=O) groups excluding carboxylic acids is 1. The van der Waals surface area contributed by atoms with Crippen LogP contribution < -0.4 is 14.9 Å². The highest BCUT2D eigenvalue weighted by Crippen LogP contribution is 2.29. The first-order valence-electron chi connectivity index (χ1n) is 8.02. The summed E-state index contributed by atoms with van der Waals surface area (Å²) in [6.07, 6.45) is 1.61.